The Bertz CT molecular complexity index is 646. The SMILES string of the molecule is CC(C)CC1C(=O)N(c2ccccc2)N(c2ccccc2)C1=O.[Na]. The van der Waals surface area contributed by atoms with Crippen molar-refractivity contribution >= 4 is 52.7 Å². The minimum Gasteiger partial charge on any atom is -0.272 e. The molecule has 0 atom stereocenters. The monoisotopic (exact) mass is 331 g/mol. The van der Waals surface area contributed by atoms with Gasteiger partial charge in [-0.15, -0.1) is 0 Å². The molecule has 0 bridgehead atoms. The molecule has 1 fully saturated rings. The van der Waals surface area contributed by atoms with Gasteiger partial charge < -0.3 is 0 Å². The first-order chi connectivity index (χ1) is 11.1. The second kappa shape index (κ2) is 7.97. The third-order valence-corrected chi connectivity index (χ3v) is 3.92. The minimum absolute atomic E-state index is 0. The zero-order valence-electron chi connectivity index (χ0n) is 14.3. The summed E-state index contributed by atoms with van der Waals surface area (Å²) in [6.45, 7) is 4.05. The van der Waals surface area contributed by atoms with E-state index in [1.54, 1.807) is 0 Å². The van der Waals surface area contributed by atoms with E-state index in [9.17, 15) is 9.59 Å². The smallest absolute Gasteiger partial charge is 0.258 e. The van der Waals surface area contributed by atoms with Gasteiger partial charge in [-0.05, 0) is 36.6 Å². The van der Waals surface area contributed by atoms with Crippen LogP contribution in [0.5, 0.6) is 0 Å². The summed E-state index contributed by atoms with van der Waals surface area (Å²) in [7, 11) is 0. The van der Waals surface area contributed by atoms with E-state index >= 15 is 0 Å². The predicted octanol–water partition coefficient (Wildman–Crippen LogP) is 3.26. The van der Waals surface area contributed by atoms with Gasteiger partial charge in [-0.3, -0.25) is 9.59 Å². The van der Waals surface area contributed by atoms with Crippen molar-refractivity contribution in [1.82, 2.24) is 0 Å². The van der Waals surface area contributed by atoms with Gasteiger partial charge in [-0.25, -0.2) is 10.0 Å². The van der Waals surface area contributed by atoms with E-state index in [4.69, 9.17) is 0 Å². The summed E-state index contributed by atoms with van der Waals surface area (Å²) in [5.74, 6) is -0.644. The van der Waals surface area contributed by atoms with Crippen LogP contribution in [0.1, 0.15) is 20.3 Å². The maximum Gasteiger partial charge on any atom is 0.258 e. The molecular weight excluding hydrogens is 311 g/mol. The molecule has 0 aromatic heterocycles. The van der Waals surface area contributed by atoms with Gasteiger partial charge in [0.2, 0.25) is 0 Å². The Morgan fingerprint density at radius 3 is 1.50 bits per heavy atom. The second-order valence-corrected chi connectivity index (χ2v) is 6.15. The average molecular weight is 331 g/mol. The zero-order chi connectivity index (χ0) is 16.4. The summed E-state index contributed by atoms with van der Waals surface area (Å²) in [5.41, 5.74) is 1.42. The number of amides is 2. The van der Waals surface area contributed by atoms with Crippen LogP contribution in [0.15, 0.2) is 60.7 Å². The number of hydrogen-bond acceptors (Lipinski definition) is 2. The molecule has 0 unspecified atom stereocenters. The van der Waals surface area contributed by atoms with E-state index in [-0.39, 0.29) is 47.3 Å². The van der Waals surface area contributed by atoms with Crippen LogP contribution in [0.25, 0.3) is 0 Å². The van der Waals surface area contributed by atoms with Crippen LogP contribution in [0, 0.1) is 11.8 Å². The molecule has 0 spiro atoms. The van der Waals surface area contributed by atoms with Crippen molar-refractivity contribution in [2.75, 3.05) is 10.0 Å². The normalized spacial score (nSPS) is 15.1. The Morgan fingerprint density at radius 1 is 0.792 bits per heavy atom. The molecule has 24 heavy (non-hydrogen) atoms. The van der Waals surface area contributed by atoms with Gasteiger partial charge in [-0.2, -0.15) is 0 Å². The van der Waals surface area contributed by atoms with Gasteiger partial charge in [0.15, 0.2) is 0 Å². The van der Waals surface area contributed by atoms with Crippen LogP contribution < -0.4 is 10.0 Å². The third kappa shape index (κ3) is 3.56. The van der Waals surface area contributed by atoms with E-state index in [1.807, 2.05) is 74.5 Å². The first-order valence-electron chi connectivity index (χ1n) is 7.87. The fraction of sp³-hybridized carbons (Fsp3) is 0.263. The molecule has 119 valence electrons. The average Bonchev–Trinajstić information content (AvgIpc) is 2.80. The van der Waals surface area contributed by atoms with Crippen molar-refractivity contribution in [3.05, 3.63) is 60.7 Å². The van der Waals surface area contributed by atoms with E-state index in [0.717, 1.165) is 0 Å². The third-order valence-electron chi connectivity index (χ3n) is 3.92. The number of carbonyl (C=O) groups excluding carboxylic acids is 2. The van der Waals surface area contributed by atoms with Gasteiger partial charge in [0, 0.05) is 29.6 Å². The molecule has 4 nitrogen and oxygen atoms in total. The summed E-state index contributed by atoms with van der Waals surface area (Å²) in [6.07, 6.45) is 0.560. The number of nitrogens with zero attached hydrogens (tertiary/aromatic N) is 2. The summed E-state index contributed by atoms with van der Waals surface area (Å²) in [4.78, 5) is 25.8. The first-order valence-corrected chi connectivity index (χ1v) is 7.87. The fourth-order valence-corrected chi connectivity index (χ4v) is 2.89. The quantitative estimate of drug-likeness (QED) is 0.637. The largest absolute Gasteiger partial charge is 0.272 e. The minimum atomic E-state index is -0.615. The number of carbonyl (C=O) groups is 2. The van der Waals surface area contributed by atoms with Gasteiger partial charge in [0.25, 0.3) is 11.8 Å². The van der Waals surface area contributed by atoms with Crippen molar-refractivity contribution < 1.29 is 9.59 Å². The van der Waals surface area contributed by atoms with E-state index in [0.29, 0.717) is 17.8 Å². The summed E-state index contributed by atoms with van der Waals surface area (Å²) >= 11 is 0. The molecule has 0 N–H and O–H groups in total. The molecule has 0 saturated carbocycles. The van der Waals surface area contributed by atoms with Crippen LogP contribution >= 0.6 is 0 Å². The van der Waals surface area contributed by atoms with Crippen molar-refractivity contribution in [3.63, 3.8) is 0 Å². The molecule has 1 radical (unpaired) electrons. The zero-order valence-corrected chi connectivity index (χ0v) is 16.3. The van der Waals surface area contributed by atoms with E-state index in [2.05, 4.69) is 0 Å². The summed E-state index contributed by atoms with van der Waals surface area (Å²) in [5, 5.41) is 3.01. The van der Waals surface area contributed by atoms with Crippen molar-refractivity contribution in [1.29, 1.82) is 0 Å². The number of rotatable bonds is 4. The van der Waals surface area contributed by atoms with Crippen LogP contribution in [0.3, 0.4) is 0 Å². The van der Waals surface area contributed by atoms with Gasteiger partial charge in [0.1, 0.15) is 5.92 Å². The Morgan fingerprint density at radius 2 is 1.17 bits per heavy atom. The van der Waals surface area contributed by atoms with E-state index < -0.39 is 5.92 Å². The molecule has 2 aromatic carbocycles. The van der Waals surface area contributed by atoms with Gasteiger partial charge >= 0.3 is 0 Å². The maximum absolute atomic E-state index is 12.9. The van der Waals surface area contributed by atoms with Crippen LogP contribution in [-0.2, 0) is 9.59 Å². The number of hydrogen-bond donors (Lipinski definition) is 0. The second-order valence-electron chi connectivity index (χ2n) is 6.15. The number of anilines is 2. The summed E-state index contributed by atoms with van der Waals surface area (Å²) < 4.78 is 0. The Hall–Kier alpha value is -1.62. The van der Waals surface area contributed by atoms with Crippen molar-refractivity contribution in [2.24, 2.45) is 11.8 Å². The Labute approximate surface area is 164 Å². The Balaban J connectivity index is 0.00000208. The number of benzene rings is 2. The molecule has 1 saturated heterocycles. The van der Waals surface area contributed by atoms with Crippen molar-refractivity contribution in [3.8, 4) is 0 Å². The number of para-hydroxylation sites is 2. The van der Waals surface area contributed by atoms with Crippen LogP contribution in [0.2, 0.25) is 0 Å². The predicted molar refractivity (Wildman–Crippen MR) is 96.6 cm³/mol. The molecule has 2 amide bonds. The van der Waals surface area contributed by atoms with Crippen LogP contribution in [0.4, 0.5) is 11.4 Å². The molecule has 1 aliphatic heterocycles. The van der Waals surface area contributed by atoms with Crippen LogP contribution in [-0.4, -0.2) is 41.4 Å². The fourth-order valence-electron chi connectivity index (χ4n) is 2.89. The number of hydrazine groups is 1. The van der Waals surface area contributed by atoms with Gasteiger partial charge in [-0.1, -0.05) is 50.2 Å². The maximum atomic E-state index is 12.9. The Kier molecular flexibility index (Phi) is 6.21. The molecular formula is C19H20N2NaO2. The summed E-state index contributed by atoms with van der Waals surface area (Å²) in [6, 6.07) is 18.6. The standard InChI is InChI=1S/C19H20N2O2.Na/c1-14(2)13-17-18(22)20(15-9-5-3-6-10-15)21(19(17)23)16-11-7-4-8-12-16;/h3-12,14,17H,13H2,1-2H3;. The molecule has 1 aliphatic rings. The molecule has 1 heterocycles. The molecule has 2 aromatic rings. The molecule has 0 aliphatic carbocycles. The molecule has 5 heteroatoms. The van der Waals surface area contributed by atoms with E-state index in [1.165, 1.54) is 10.0 Å². The molecule has 3 rings (SSSR count). The topological polar surface area (TPSA) is 40.6 Å². The first kappa shape index (κ1) is 18.7. The van der Waals surface area contributed by atoms with Gasteiger partial charge in [0.05, 0.1) is 11.4 Å². The van der Waals surface area contributed by atoms with Crippen molar-refractivity contribution in [2.45, 2.75) is 20.3 Å².